The van der Waals surface area contributed by atoms with Gasteiger partial charge in [0.15, 0.2) is 0 Å². The van der Waals surface area contributed by atoms with Gasteiger partial charge in [0, 0.05) is 26.3 Å². The Morgan fingerprint density at radius 3 is 2.65 bits per heavy atom. The number of hydrogen-bond acceptors (Lipinski definition) is 3. The zero-order valence-electron chi connectivity index (χ0n) is 9.72. The molecular formula is C13H14N4. The summed E-state index contributed by atoms with van der Waals surface area (Å²) in [6.07, 6.45) is 3.64. The van der Waals surface area contributed by atoms with Gasteiger partial charge in [-0.3, -0.25) is 0 Å². The summed E-state index contributed by atoms with van der Waals surface area (Å²) in [7, 11) is 1.98. The molecule has 0 bridgehead atoms. The summed E-state index contributed by atoms with van der Waals surface area (Å²) in [5, 5.41) is 12.0. The second-order valence-corrected chi connectivity index (χ2v) is 3.91. The predicted molar refractivity (Wildman–Crippen MR) is 64.9 cm³/mol. The number of hydrogen-bond donors (Lipinski definition) is 1. The van der Waals surface area contributed by atoms with Gasteiger partial charge in [-0.15, -0.1) is 0 Å². The van der Waals surface area contributed by atoms with E-state index in [1.165, 1.54) is 5.56 Å². The molecule has 0 amide bonds. The Balaban J connectivity index is 1.86. The highest BCUT2D eigenvalue weighted by molar-refractivity contribution is 5.31. The summed E-state index contributed by atoms with van der Waals surface area (Å²) >= 11 is 0. The van der Waals surface area contributed by atoms with Crippen LogP contribution in [0.25, 0.3) is 0 Å². The zero-order valence-corrected chi connectivity index (χ0v) is 9.72. The van der Waals surface area contributed by atoms with Crippen LogP contribution in [0.5, 0.6) is 0 Å². The van der Waals surface area contributed by atoms with Crippen LogP contribution in [0.1, 0.15) is 16.8 Å². The van der Waals surface area contributed by atoms with Gasteiger partial charge in [-0.1, -0.05) is 12.1 Å². The Morgan fingerprint density at radius 2 is 2.06 bits per heavy atom. The monoisotopic (exact) mass is 226 g/mol. The summed E-state index contributed by atoms with van der Waals surface area (Å²) in [5.74, 6) is 0. The van der Waals surface area contributed by atoms with E-state index in [9.17, 15) is 0 Å². The molecule has 17 heavy (non-hydrogen) atoms. The van der Waals surface area contributed by atoms with Crippen LogP contribution in [0.2, 0.25) is 0 Å². The van der Waals surface area contributed by atoms with Crippen molar-refractivity contribution < 1.29 is 0 Å². The molecular weight excluding hydrogens is 212 g/mol. The minimum atomic E-state index is 0.695. The molecule has 2 aromatic rings. The van der Waals surface area contributed by atoms with Crippen LogP contribution in [0.4, 0.5) is 0 Å². The smallest absolute Gasteiger partial charge is 0.0991 e. The maximum Gasteiger partial charge on any atom is 0.0991 e. The van der Waals surface area contributed by atoms with Crippen molar-refractivity contribution in [1.82, 2.24) is 14.9 Å². The molecule has 4 heteroatoms. The van der Waals surface area contributed by atoms with Gasteiger partial charge in [0.2, 0.25) is 0 Å². The normalized spacial score (nSPS) is 10.1. The summed E-state index contributed by atoms with van der Waals surface area (Å²) in [5.41, 5.74) is 3.02. The first-order valence-electron chi connectivity index (χ1n) is 5.44. The average molecular weight is 226 g/mol. The van der Waals surface area contributed by atoms with Gasteiger partial charge in [-0.05, 0) is 17.7 Å². The summed E-state index contributed by atoms with van der Waals surface area (Å²) in [6.45, 7) is 1.58. The molecule has 4 nitrogen and oxygen atoms in total. The molecule has 0 saturated heterocycles. The van der Waals surface area contributed by atoms with Gasteiger partial charge in [0.1, 0.15) is 0 Å². The van der Waals surface area contributed by atoms with E-state index in [-0.39, 0.29) is 0 Å². The van der Waals surface area contributed by atoms with E-state index in [1.807, 2.05) is 42.1 Å². The molecule has 1 aromatic carbocycles. The first kappa shape index (κ1) is 11.4. The molecule has 1 heterocycles. The number of aryl methyl sites for hydroxylation is 1. The number of aromatic nitrogens is 2. The third-order valence-corrected chi connectivity index (χ3v) is 2.63. The Kier molecular flexibility index (Phi) is 3.53. The molecule has 0 radical (unpaired) electrons. The number of nitriles is 1. The molecule has 0 saturated carbocycles. The van der Waals surface area contributed by atoms with Gasteiger partial charge in [0.05, 0.1) is 23.7 Å². The van der Waals surface area contributed by atoms with Crippen LogP contribution >= 0.6 is 0 Å². The fourth-order valence-electron chi connectivity index (χ4n) is 1.59. The van der Waals surface area contributed by atoms with Gasteiger partial charge < -0.3 is 9.88 Å². The predicted octanol–water partition coefficient (Wildman–Crippen LogP) is 1.58. The topological polar surface area (TPSA) is 53.6 Å². The highest BCUT2D eigenvalue weighted by Gasteiger charge is 1.98. The van der Waals surface area contributed by atoms with Gasteiger partial charge in [0.25, 0.3) is 0 Å². The molecule has 0 aliphatic carbocycles. The molecule has 0 atom stereocenters. The Labute approximate surface area is 101 Å². The maximum atomic E-state index is 8.68. The standard InChI is InChI=1S/C13H14N4/c1-17-10-16-9-13(17)8-15-7-12-4-2-11(6-14)3-5-12/h2-5,9-10,15H,7-8H2,1H3. The lowest BCUT2D eigenvalue weighted by atomic mass is 10.1. The number of rotatable bonds is 4. The Morgan fingerprint density at radius 1 is 1.29 bits per heavy atom. The Bertz CT molecular complexity index is 519. The molecule has 1 N–H and O–H groups in total. The molecule has 0 aliphatic heterocycles. The van der Waals surface area contributed by atoms with Gasteiger partial charge >= 0.3 is 0 Å². The number of nitrogens with one attached hydrogen (secondary N) is 1. The van der Waals surface area contributed by atoms with Crippen molar-refractivity contribution >= 4 is 0 Å². The van der Waals surface area contributed by atoms with Crippen molar-refractivity contribution in [3.8, 4) is 6.07 Å². The van der Waals surface area contributed by atoms with E-state index in [0.717, 1.165) is 18.8 Å². The quantitative estimate of drug-likeness (QED) is 0.861. The third kappa shape index (κ3) is 2.92. The van der Waals surface area contributed by atoms with Crippen LogP contribution < -0.4 is 5.32 Å². The molecule has 86 valence electrons. The lowest BCUT2D eigenvalue weighted by Crippen LogP contribution is -2.14. The van der Waals surface area contributed by atoms with Crippen molar-refractivity contribution in [2.75, 3.05) is 0 Å². The van der Waals surface area contributed by atoms with Crippen molar-refractivity contribution in [3.63, 3.8) is 0 Å². The second-order valence-electron chi connectivity index (χ2n) is 3.91. The highest BCUT2D eigenvalue weighted by Crippen LogP contribution is 2.03. The van der Waals surface area contributed by atoms with Crippen LogP contribution in [0.15, 0.2) is 36.8 Å². The minimum absolute atomic E-state index is 0.695. The van der Waals surface area contributed by atoms with Gasteiger partial charge in [-0.2, -0.15) is 5.26 Å². The molecule has 0 fully saturated rings. The lowest BCUT2D eigenvalue weighted by molar-refractivity contribution is 0.655. The average Bonchev–Trinajstić information content (AvgIpc) is 2.76. The van der Waals surface area contributed by atoms with E-state index in [0.29, 0.717) is 5.56 Å². The number of benzene rings is 1. The van der Waals surface area contributed by atoms with E-state index >= 15 is 0 Å². The maximum absolute atomic E-state index is 8.68. The Hall–Kier alpha value is -2.12. The number of imidazole rings is 1. The molecule has 1 aromatic heterocycles. The first-order chi connectivity index (χ1) is 8.29. The minimum Gasteiger partial charge on any atom is -0.337 e. The summed E-state index contributed by atoms with van der Waals surface area (Å²) in [4.78, 5) is 4.06. The van der Waals surface area contributed by atoms with Gasteiger partial charge in [-0.25, -0.2) is 4.98 Å². The van der Waals surface area contributed by atoms with E-state index < -0.39 is 0 Å². The third-order valence-electron chi connectivity index (χ3n) is 2.63. The van der Waals surface area contributed by atoms with Crippen LogP contribution in [0, 0.1) is 11.3 Å². The van der Waals surface area contributed by atoms with Crippen molar-refractivity contribution in [3.05, 3.63) is 53.6 Å². The largest absolute Gasteiger partial charge is 0.337 e. The summed E-state index contributed by atoms with van der Waals surface area (Å²) in [6, 6.07) is 9.71. The fourth-order valence-corrected chi connectivity index (χ4v) is 1.59. The SMILES string of the molecule is Cn1cncc1CNCc1ccc(C#N)cc1. The van der Waals surface area contributed by atoms with E-state index in [1.54, 1.807) is 6.33 Å². The molecule has 0 spiro atoms. The van der Waals surface area contributed by atoms with Crippen LogP contribution in [-0.4, -0.2) is 9.55 Å². The summed E-state index contributed by atoms with van der Waals surface area (Å²) < 4.78 is 1.99. The second kappa shape index (κ2) is 5.28. The van der Waals surface area contributed by atoms with E-state index in [4.69, 9.17) is 5.26 Å². The molecule has 2 rings (SSSR count). The zero-order chi connectivity index (χ0) is 12.1. The highest BCUT2D eigenvalue weighted by atomic mass is 15.0. The fraction of sp³-hybridized carbons (Fsp3) is 0.231. The molecule has 0 unspecified atom stereocenters. The molecule has 0 aliphatic rings. The van der Waals surface area contributed by atoms with Crippen LogP contribution in [-0.2, 0) is 20.1 Å². The first-order valence-corrected chi connectivity index (χ1v) is 5.44. The van der Waals surface area contributed by atoms with Crippen molar-refractivity contribution in [2.24, 2.45) is 7.05 Å². The van der Waals surface area contributed by atoms with E-state index in [2.05, 4.69) is 16.4 Å². The van der Waals surface area contributed by atoms with Crippen LogP contribution in [0.3, 0.4) is 0 Å². The lowest BCUT2D eigenvalue weighted by Gasteiger charge is -2.05. The van der Waals surface area contributed by atoms with Crippen molar-refractivity contribution in [1.29, 1.82) is 5.26 Å². The van der Waals surface area contributed by atoms with Crippen molar-refractivity contribution in [2.45, 2.75) is 13.1 Å². The number of nitrogens with zero attached hydrogens (tertiary/aromatic N) is 3.